The topological polar surface area (TPSA) is 37.7 Å². The molecule has 0 radical (unpaired) electrons. The molecule has 0 amide bonds. The van der Waals surface area contributed by atoms with Crippen molar-refractivity contribution >= 4 is 112 Å². The van der Waals surface area contributed by atoms with E-state index < -0.39 is 0 Å². The minimum atomic E-state index is -0.179. The van der Waals surface area contributed by atoms with E-state index in [0.29, 0.717) is 0 Å². The Kier molecular flexibility index (Phi) is 7.79. The molecular formula is C61H58BN3O2. The van der Waals surface area contributed by atoms with Crippen molar-refractivity contribution in [2.45, 2.75) is 112 Å². The number of fused-ring (bicyclic) bond motifs is 14. The van der Waals surface area contributed by atoms with E-state index >= 15 is 0 Å². The van der Waals surface area contributed by atoms with Gasteiger partial charge in [-0.25, -0.2) is 0 Å². The molecule has 0 saturated carbocycles. The summed E-state index contributed by atoms with van der Waals surface area (Å²) in [6.07, 6.45) is 0. The van der Waals surface area contributed by atoms with Gasteiger partial charge < -0.3 is 23.2 Å². The van der Waals surface area contributed by atoms with Gasteiger partial charge in [0.2, 0.25) is 0 Å². The first-order valence-corrected chi connectivity index (χ1v) is 24.2. The third kappa shape index (κ3) is 5.56. The van der Waals surface area contributed by atoms with Crippen molar-refractivity contribution in [1.29, 1.82) is 0 Å². The molecule has 3 aliphatic rings. The van der Waals surface area contributed by atoms with Crippen molar-refractivity contribution in [3.8, 4) is 5.69 Å². The second-order valence-electron chi connectivity index (χ2n) is 24.0. The van der Waals surface area contributed by atoms with Crippen LogP contribution in [0, 0.1) is 6.92 Å². The Labute approximate surface area is 394 Å². The zero-order valence-electron chi connectivity index (χ0n) is 41.2. The number of hydrogen-bond acceptors (Lipinski definition) is 4. The first-order valence-electron chi connectivity index (χ1n) is 24.2. The number of aryl methyl sites for hydroxylation is 1. The van der Waals surface area contributed by atoms with Gasteiger partial charge in [-0.05, 0) is 140 Å². The lowest BCUT2D eigenvalue weighted by Crippen LogP contribution is -2.61. The average molecular weight is 876 g/mol. The van der Waals surface area contributed by atoms with E-state index in [1.165, 1.54) is 89.0 Å². The molecule has 0 spiro atoms. The van der Waals surface area contributed by atoms with E-state index in [1.807, 2.05) is 0 Å². The van der Waals surface area contributed by atoms with Crippen LogP contribution in [-0.2, 0) is 21.7 Å². The minimum Gasteiger partial charge on any atom is -0.468 e. The number of furan rings is 2. The Balaban J connectivity index is 1.20. The monoisotopic (exact) mass is 875 g/mol. The van der Waals surface area contributed by atoms with Crippen molar-refractivity contribution in [3.63, 3.8) is 0 Å². The molecule has 0 N–H and O–H groups in total. The van der Waals surface area contributed by atoms with E-state index in [2.05, 4.69) is 220 Å². The molecule has 13 rings (SSSR count). The van der Waals surface area contributed by atoms with Crippen LogP contribution in [0.1, 0.15) is 111 Å². The minimum absolute atomic E-state index is 0.000777. The lowest BCUT2D eigenvalue weighted by atomic mass is 9.35. The van der Waals surface area contributed by atoms with Crippen LogP contribution in [0.2, 0.25) is 0 Å². The quantitative estimate of drug-likeness (QED) is 0.154. The van der Waals surface area contributed by atoms with Gasteiger partial charge in [0.25, 0.3) is 6.71 Å². The maximum absolute atomic E-state index is 7.43. The van der Waals surface area contributed by atoms with Gasteiger partial charge in [-0.2, -0.15) is 0 Å². The standard InChI is InChI=1S/C61H58BN3O2/c1-33-24-46-53-47(25-33)65-48-30-36(60(8,9)10)28-42-41-26-34(58(2,3)4)18-22-45(41)64(54(42)48)49-31-37(61(11,12)13)29-44(56(49)65)62(53)57-55(43-27-35(59(5,6)7)19-23-51(43)67-57)63(46)38-20-21-40-39-16-14-15-17-50(39)66-52(40)32-38/h14-32H,1-13H3. The average Bonchev–Trinajstić information content (AvgIpc) is 3.93. The summed E-state index contributed by atoms with van der Waals surface area (Å²) in [5, 5.41) is 5.97. The molecule has 0 aliphatic carbocycles. The van der Waals surface area contributed by atoms with Crippen LogP contribution in [0.25, 0.3) is 60.4 Å². The molecule has 0 atom stereocenters. The van der Waals surface area contributed by atoms with Crippen LogP contribution in [0.15, 0.2) is 124 Å². The molecule has 6 heterocycles. The lowest BCUT2D eigenvalue weighted by molar-refractivity contribution is 0.589. The molecule has 5 nitrogen and oxygen atoms in total. The van der Waals surface area contributed by atoms with Crippen molar-refractivity contribution in [2.75, 3.05) is 9.80 Å². The SMILES string of the molecule is Cc1cc2c3c(c1)N1c4c(cc(C(C)(C)C)cc4-n4c5ccc(C(C)(C)C)cc5c5cc(C(C)(C)C)cc1c54)B3c1oc3ccc(C(C)(C)C)cc3c1N2c1ccc2c(c1)oc1ccccc12. The van der Waals surface area contributed by atoms with E-state index in [1.54, 1.807) is 0 Å². The third-order valence-electron chi connectivity index (χ3n) is 15.3. The molecule has 7 aromatic carbocycles. The zero-order chi connectivity index (χ0) is 46.6. The van der Waals surface area contributed by atoms with Crippen LogP contribution in [0.3, 0.4) is 0 Å². The maximum Gasteiger partial charge on any atom is 0.297 e. The summed E-state index contributed by atoms with van der Waals surface area (Å²) in [5.41, 5.74) is 23.0. The molecule has 3 aromatic heterocycles. The highest BCUT2D eigenvalue weighted by Crippen LogP contribution is 2.55. The molecule has 0 unspecified atom stereocenters. The van der Waals surface area contributed by atoms with Crippen LogP contribution in [-0.4, -0.2) is 11.3 Å². The molecule has 67 heavy (non-hydrogen) atoms. The molecule has 6 heteroatoms. The summed E-state index contributed by atoms with van der Waals surface area (Å²) < 4.78 is 16.7. The predicted molar refractivity (Wildman–Crippen MR) is 285 cm³/mol. The fourth-order valence-corrected chi connectivity index (χ4v) is 11.6. The summed E-state index contributed by atoms with van der Waals surface area (Å²) in [5.74, 6) is 0. The van der Waals surface area contributed by atoms with E-state index in [4.69, 9.17) is 8.83 Å². The predicted octanol–water partition coefficient (Wildman–Crippen LogP) is 15.3. The van der Waals surface area contributed by atoms with Gasteiger partial charge in [0.1, 0.15) is 16.7 Å². The molecule has 332 valence electrons. The Morgan fingerprint density at radius 1 is 0.433 bits per heavy atom. The molecule has 0 bridgehead atoms. The van der Waals surface area contributed by atoms with Gasteiger partial charge in [-0.15, -0.1) is 0 Å². The van der Waals surface area contributed by atoms with Gasteiger partial charge in [0.15, 0.2) is 0 Å². The summed E-state index contributed by atoms with van der Waals surface area (Å²) in [6.45, 7) is 30.1. The Morgan fingerprint density at radius 3 is 1.75 bits per heavy atom. The summed E-state index contributed by atoms with van der Waals surface area (Å²) in [7, 11) is 0. The number of nitrogens with zero attached hydrogens (tertiary/aromatic N) is 3. The number of rotatable bonds is 1. The Bertz CT molecular complexity index is 3830. The zero-order valence-corrected chi connectivity index (χ0v) is 41.2. The van der Waals surface area contributed by atoms with Gasteiger partial charge in [-0.3, -0.25) is 0 Å². The first-order chi connectivity index (χ1) is 31.6. The first kappa shape index (κ1) is 40.6. The van der Waals surface area contributed by atoms with E-state index in [-0.39, 0.29) is 28.4 Å². The van der Waals surface area contributed by atoms with Gasteiger partial charge >= 0.3 is 0 Å². The van der Waals surface area contributed by atoms with Gasteiger partial charge in [0, 0.05) is 50.1 Å². The largest absolute Gasteiger partial charge is 0.468 e. The van der Waals surface area contributed by atoms with E-state index in [9.17, 15) is 0 Å². The fraction of sp³-hybridized carbons (Fsp3) is 0.279. The summed E-state index contributed by atoms with van der Waals surface area (Å²) >= 11 is 0. The smallest absolute Gasteiger partial charge is 0.297 e. The van der Waals surface area contributed by atoms with Gasteiger partial charge in [-0.1, -0.05) is 119 Å². The number of hydrogen-bond donors (Lipinski definition) is 0. The number of anilines is 6. The van der Waals surface area contributed by atoms with Crippen molar-refractivity contribution in [3.05, 3.63) is 143 Å². The highest BCUT2D eigenvalue weighted by molar-refractivity contribution is 7.00. The van der Waals surface area contributed by atoms with Crippen LogP contribution in [0.4, 0.5) is 34.1 Å². The van der Waals surface area contributed by atoms with Crippen LogP contribution >= 0.6 is 0 Å². The normalized spacial score (nSPS) is 14.6. The third-order valence-corrected chi connectivity index (χ3v) is 15.3. The molecule has 3 aliphatic heterocycles. The highest BCUT2D eigenvalue weighted by Gasteiger charge is 2.50. The van der Waals surface area contributed by atoms with E-state index in [0.717, 1.165) is 49.9 Å². The molecule has 10 aromatic rings. The summed E-state index contributed by atoms with van der Waals surface area (Å²) in [6, 6.07) is 44.1. The van der Waals surface area contributed by atoms with Gasteiger partial charge in [0.05, 0.1) is 39.4 Å². The molecular weight excluding hydrogens is 818 g/mol. The fourth-order valence-electron chi connectivity index (χ4n) is 11.6. The molecule has 0 saturated heterocycles. The summed E-state index contributed by atoms with van der Waals surface area (Å²) in [4.78, 5) is 5.14. The van der Waals surface area contributed by atoms with Crippen molar-refractivity contribution in [2.24, 2.45) is 0 Å². The maximum atomic E-state index is 7.43. The van der Waals surface area contributed by atoms with Crippen molar-refractivity contribution < 1.29 is 8.83 Å². The highest BCUT2D eigenvalue weighted by atomic mass is 16.3. The number of benzene rings is 7. The van der Waals surface area contributed by atoms with Crippen LogP contribution in [0.5, 0.6) is 0 Å². The Hall–Kier alpha value is -6.66. The lowest BCUT2D eigenvalue weighted by Gasteiger charge is -2.45. The number of para-hydroxylation sites is 1. The van der Waals surface area contributed by atoms with Crippen LogP contribution < -0.4 is 26.4 Å². The van der Waals surface area contributed by atoms with Crippen molar-refractivity contribution in [1.82, 2.24) is 4.57 Å². The Morgan fingerprint density at radius 2 is 1.03 bits per heavy atom. The molecule has 0 fully saturated rings. The second kappa shape index (κ2) is 12.9. The second-order valence-corrected chi connectivity index (χ2v) is 24.0. The number of aromatic nitrogens is 1.